The van der Waals surface area contributed by atoms with Crippen molar-refractivity contribution in [1.82, 2.24) is 0 Å². The summed E-state index contributed by atoms with van der Waals surface area (Å²) < 4.78 is 18.6. The Bertz CT molecular complexity index is 649. The second kappa shape index (κ2) is 6.07. The van der Waals surface area contributed by atoms with Crippen LogP contribution in [0.15, 0.2) is 42.5 Å². The molecular weight excluding hydrogens is 255 g/mol. The van der Waals surface area contributed by atoms with Crippen LogP contribution < -0.4 is 10.1 Å². The lowest BCUT2D eigenvalue weighted by molar-refractivity contribution is 0.408. The number of anilines is 1. The van der Waals surface area contributed by atoms with E-state index in [0.717, 1.165) is 11.3 Å². The maximum Gasteiger partial charge on any atom is 0.141 e. The fourth-order valence-electron chi connectivity index (χ4n) is 2.05. The summed E-state index contributed by atoms with van der Waals surface area (Å²) in [6.07, 6.45) is 0. The SMILES string of the molecule is COc1ccccc1C(C)Nc1ccc(F)c(C#N)c1. The highest BCUT2D eigenvalue weighted by molar-refractivity contribution is 5.52. The van der Waals surface area contributed by atoms with E-state index in [9.17, 15) is 4.39 Å². The predicted molar refractivity (Wildman–Crippen MR) is 76.1 cm³/mol. The van der Waals surface area contributed by atoms with E-state index >= 15 is 0 Å². The lowest BCUT2D eigenvalue weighted by atomic mass is 10.1. The minimum absolute atomic E-state index is 0.0249. The van der Waals surface area contributed by atoms with Gasteiger partial charge in [0.2, 0.25) is 0 Å². The van der Waals surface area contributed by atoms with Crippen LogP contribution in [0.4, 0.5) is 10.1 Å². The standard InChI is InChI=1S/C16H15FN2O/c1-11(14-5-3-4-6-16(14)20-2)19-13-7-8-15(17)12(9-13)10-18/h3-9,11,19H,1-2H3. The van der Waals surface area contributed by atoms with E-state index in [-0.39, 0.29) is 11.6 Å². The number of rotatable bonds is 4. The molecule has 0 heterocycles. The summed E-state index contributed by atoms with van der Waals surface area (Å²) in [5.74, 6) is 0.276. The highest BCUT2D eigenvalue weighted by atomic mass is 19.1. The number of hydrogen-bond acceptors (Lipinski definition) is 3. The molecule has 1 atom stereocenters. The molecule has 0 amide bonds. The molecule has 0 saturated carbocycles. The van der Waals surface area contributed by atoms with Crippen LogP contribution in [0.2, 0.25) is 0 Å². The topological polar surface area (TPSA) is 45.0 Å². The van der Waals surface area contributed by atoms with Gasteiger partial charge in [-0.3, -0.25) is 0 Å². The first-order valence-corrected chi connectivity index (χ1v) is 6.25. The average molecular weight is 270 g/mol. The molecule has 0 aliphatic heterocycles. The molecule has 0 fully saturated rings. The third-order valence-corrected chi connectivity index (χ3v) is 3.08. The maximum absolute atomic E-state index is 13.3. The van der Waals surface area contributed by atoms with Gasteiger partial charge in [-0.2, -0.15) is 5.26 Å². The van der Waals surface area contributed by atoms with Gasteiger partial charge in [0.15, 0.2) is 0 Å². The molecule has 0 radical (unpaired) electrons. The first-order chi connectivity index (χ1) is 9.65. The fraction of sp³-hybridized carbons (Fsp3) is 0.188. The zero-order chi connectivity index (χ0) is 14.5. The summed E-state index contributed by atoms with van der Waals surface area (Å²) in [5.41, 5.74) is 1.72. The lowest BCUT2D eigenvalue weighted by Gasteiger charge is -2.18. The molecule has 3 nitrogen and oxygen atoms in total. The Hall–Kier alpha value is -2.54. The van der Waals surface area contributed by atoms with Crippen molar-refractivity contribution in [2.75, 3.05) is 12.4 Å². The van der Waals surface area contributed by atoms with Crippen LogP contribution in [0.3, 0.4) is 0 Å². The lowest BCUT2D eigenvalue weighted by Crippen LogP contribution is -2.08. The number of nitriles is 1. The van der Waals surface area contributed by atoms with Gasteiger partial charge in [-0.1, -0.05) is 18.2 Å². The first kappa shape index (κ1) is 13.9. The summed E-state index contributed by atoms with van der Waals surface area (Å²) >= 11 is 0. The number of methoxy groups -OCH3 is 1. The average Bonchev–Trinajstić information content (AvgIpc) is 2.49. The third kappa shape index (κ3) is 2.89. The van der Waals surface area contributed by atoms with Crippen LogP contribution in [-0.4, -0.2) is 7.11 Å². The zero-order valence-corrected chi connectivity index (χ0v) is 11.4. The van der Waals surface area contributed by atoms with E-state index in [1.807, 2.05) is 37.3 Å². The molecular formula is C16H15FN2O. The van der Waals surface area contributed by atoms with E-state index in [2.05, 4.69) is 5.32 Å². The van der Waals surface area contributed by atoms with Gasteiger partial charge in [-0.25, -0.2) is 4.39 Å². The van der Waals surface area contributed by atoms with Crippen LogP contribution >= 0.6 is 0 Å². The van der Waals surface area contributed by atoms with E-state index < -0.39 is 5.82 Å². The smallest absolute Gasteiger partial charge is 0.141 e. The number of nitrogens with one attached hydrogen (secondary N) is 1. The molecule has 2 aromatic rings. The summed E-state index contributed by atoms with van der Waals surface area (Å²) in [5, 5.41) is 12.1. The quantitative estimate of drug-likeness (QED) is 0.917. The second-order valence-corrected chi connectivity index (χ2v) is 4.41. The van der Waals surface area contributed by atoms with Crippen molar-refractivity contribution in [1.29, 1.82) is 5.26 Å². The number of para-hydroxylation sites is 1. The van der Waals surface area contributed by atoms with Crippen LogP contribution in [0.1, 0.15) is 24.1 Å². The minimum atomic E-state index is -0.511. The van der Waals surface area contributed by atoms with Gasteiger partial charge in [0.05, 0.1) is 18.7 Å². The highest BCUT2D eigenvalue weighted by Crippen LogP contribution is 2.27. The summed E-state index contributed by atoms with van der Waals surface area (Å²) in [6.45, 7) is 1.98. The normalized spacial score (nSPS) is 11.5. The molecule has 0 spiro atoms. The van der Waals surface area contributed by atoms with Gasteiger partial charge in [0.1, 0.15) is 17.6 Å². The number of nitrogens with zero attached hydrogens (tertiary/aromatic N) is 1. The Morgan fingerprint density at radius 2 is 2.00 bits per heavy atom. The molecule has 4 heteroatoms. The molecule has 0 aliphatic carbocycles. The number of benzene rings is 2. The van der Waals surface area contributed by atoms with Crippen LogP contribution in [0.25, 0.3) is 0 Å². The van der Waals surface area contributed by atoms with E-state index in [1.54, 1.807) is 13.2 Å². The molecule has 102 valence electrons. The summed E-state index contributed by atoms with van der Waals surface area (Å²) in [4.78, 5) is 0. The Morgan fingerprint density at radius 3 is 2.70 bits per heavy atom. The van der Waals surface area contributed by atoms with Crippen LogP contribution in [0.5, 0.6) is 5.75 Å². The van der Waals surface area contributed by atoms with Crippen LogP contribution in [-0.2, 0) is 0 Å². The molecule has 1 N–H and O–H groups in total. The van der Waals surface area contributed by atoms with Crippen molar-refractivity contribution in [3.63, 3.8) is 0 Å². The third-order valence-electron chi connectivity index (χ3n) is 3.08. The van der Waals surface area contributed by atoms with Gasteiger partial charge in [0, 0.05) is 11.3 Å². The van der Waals surface area contributed by atoms with E-state index in [0.29, 0.717) is 5.69 Å². The monoisotopic (exact) mass is 270 g/mol. The van der Waals surface area contributed by atoms with Crippen molar-refractivity contribution >= 4 is 5.69 Å². The Balaban J connectivity index is 2.24. The van der Waals surface area contributed by atoms with Gasteiger partial charge in [0.25, 0.3) is 0 Å². The van der Waals surface area contributed by atoms with Gasteiger partial charge >= 0.3 is 0 Å². The van der Waals surface area contributed by atoms with E-state index in [1.165, 1.54) is 12.1 Å². The molecule has 20 heavy (non-hydrogen) atoms. The Labute approximate surface area is 117 Å². The second-order valence-electron chi connectivity index (χ2n) is 4.41. The zero-order valence-electron chi connectivity index (χ0n) is 11.4. The molecule has 0 aromatic heterocycles. The van der Waals surface area contributed by atoms with Gasteiger partial charge in [-0.15, -0.1) is 0 Å². The van der Waals surface area contributed by atoms with Gasteiger partial charge < -0.3 is 10.1 Å². The minimum Gasteiger partial charge on any atom is -0.496 e. The van der Waals surface area contributed by atoms with Crippen molar-refractivity contribution < 1.29 is 9.13 Å². The highest BCUT2D eigenvalue weighted by Gasteiger charge is 2.11. The van der Waals surface area contributed by atoms with Crippen molar-refractivity contribution in [3.05, 3.63) is 59.4 Å². The predicted octanol–water partition coefficient (Wildman–Crippen LogP) is 3.88. The Morgan fingerprint density at radius 1 is 1.25 bits per heavy atom. The number of ether oxygens (including phenoxy) is 1. The molecule has 0 saturated heterocycles. The van der Waals surface area contributed by atoms with Crippen molar-refractivity contribution in [2.24, 2.45) is 0 Å². The van der Waals surface area contributed by atoms with Crippen molar-refractivity contribution in [2.45, 2.75) is 13.0 Å². The first-order valence-electron chi connectivity index (χ1n) is 6.25. The van der Waals surface area contributed by atoms with E-state index in [4.69, 9.17) is 10.00 Å². The largest absolute Gasteiger partial charge is 0.496 e. The summed E-state index contributed by atoms with van der Waals surface area (Å²) in [6, 6.07) is 13.9. The molecule has 2 aromatic carbocycles. The molecule has 1 unspecified atom stereocenters. The molecule has 2 rings (SSSR count). The maximum atomic E-state index is 13.3. The Kier molecular flexibility index (Phi) is 4.21. The summed E-state index contributed by atoms with van der Waals surface area (Å²) in [7, 11) is 1.62. The number of hydrogen-bond donors (Lipinski definition) is 1. The fourth-order valence-corrected chi connectivity index (χ4v) is 2.05. The van der Waals surface area contributed by atoms with Gasteiger partial charge in [-0.05, 0) is 31.2 Å². The van der Waals surface area contributed by atoms with Crippen LogP contribution in [0, 0.1) is 17.1 Å². The molecule has 0 bridgehead atoms. The number of halogens is 1. The van der Waals surface area contributed by atoms with Crippen molar-refractivity contribution in [3.8, 4) is 11.8 Å². The molecule has 0 aliphatic rings.